The van der Waals surface area contributed by atoms with Gasteiger partial charge in [0.1, 0.15) is 36.9 Å². The van der Waals surface area contributed by atoms with E-state index >= 15 is 0 Å². The molecule has 33 heavy (non-hydrogen) atoms. The number of nitrogen functional groups attached to an aromatic ring is 1. The van der Waals surface area contributed by atoms with Gasteiger partial charge in [0.05, 0.1) is 6.61 Å². The summed E-state index contributed by atoms with van der Waals surface area (Å²) < 4.78 is 16.7. The lowest BCUT2D eigenvalue weighted by molar-refractivity contribution is 0.117. The van der Waals surface area contributed by atoms with Crippen LogP contribution < -0.4 is 20.5 Å². The predicted octanol–water partition coefficient (Wildman–Crippen LogP) is 4.22. The van der Waals surface area contributed by atoms with Crippen molar-refractivity contribution in [1.82, 2.24) is 0 Å². The van der Waals surface area contributed by atoms with Gasteiger partial charge in [0.2, 0.25) is 0 Å². The number of aliphatic hydroxyl groups is 1. The quantitative estimate of drug-likeness (QED) is 0.301. The molecule has 3 aromatic rings. The van der Waals surface area contributed by atoms with Crippen molar-refractivity contribution < 1.29 is 19.3 Å². The Morgan fingerprint density at radius 1 is 1.00 bits per heavy atom. The van der Waals surface area contributed by atoms with Crippen LogP contribution in [-0.4, -0.2) is 43.7 Å². The first-order valence-electron chi connectivity index (χ1n) is 11.3. The first-order valence-corrected chi connectivity index (χ1v) is 11.3. The summed E-state index contributed by atoms with van der Waals surface area (Å²) in [6, 6.07) is 23.7. The Balaban J connectivity index is 1.28. The lowest BCUT2D eigenvalue weighted by Crippen LogP contribution is -2.26. The van der Waals surface area contributed by atoms with E-state index in [-0.39, 0.29) is 18.1 Å². The van der Waals surface area contributed by atoms with Gasteiger partial charge in [-0.1, -0.05) is 44.2 Å². The van der Waals surface area contributed by atoms with Crippen LogP contribution in [0.3, 0.4) is 0 Å². The molecule has 0 bridgehead atoms. The van der Waals surface area contributed by atoms with Crippen molar-refractivity contribution in [1.29, 1.82) is 0 Å². The second-order valence-corrected chi connectivity index (χ2v) is 8.91. The molecule has 0 radical (unpaired) electrons. The summed E-state index contributed by atoms with van der Waals surface area (Å²) in [5.41, 5.74) is 9.54. The van der Waals surface area contributed by atoms with Crippen molar-refractivity contribution in [2.24, 2.45) is 0 Å². The van der Waals surface area contributed by atoms with E-state index in [2.05, 4.69) is 43.4 Å². The second kappa shape index (κ2) is 10.1. The second-order valence-electron chi connectivity index (χ2n) is 8.91. The Morgan fingerprint density at radius 3 is 2.18 bits per heavy atom. The lowest BCUT2D eigenvalue weighted by atomic mass is 9.78. The van der Waals surface area contributed by atoms with Gasteiger partial charge in [-0.2, -0.15) is 0 Å². The van der Waals surface area contributed by atoms with Crippen molar-refractivity contribution in [3.8, 4) is 11.5 Å². The van der Waals surface area contributed by atoms with Crippen LogP contribution in [0, 0.1) is 0 Å². The smallest absolute Gasteiger partial charge is 0.119 e. The first kappa shape index (κ1) is 23.0. The zero-order chi connectivity index (χ0) is 23.3. The molecule has 1 heterocycles. The number of benzene rings is 3. The van der Waals surface area contributed by atoms with E-state index in [1.54, 1.807) is 0 Å². The van der Waals surface area contributed by atoms with Gasteiger partial charge in [0, 0.05) is 23.3 Å². The zero-order valence-electron chi connectivity index (χ0n) is 19.2. The largest absolute Gasteiger partial charge is 0.491 e. The van der Waals surface area contributed by atoms with E-state index in [4.69, 9.17) is 19.9 Å². The summed E-state index contributed by atoms with van der Waals surface area (Å²) in [5.74, 6) is 1.58. The standard InChI is InChI=1S/C27H32N2O4/c1-27(2,20-8-12-25(13-9-20)32-17-26-18-33-26)19-6-10-24(11-7-19)31-16-23(30)15-29-22-5-3-4-21(28)14-22/h3-14,23,26,29-30H,15-18,28H2,1-2H3. The van der Waals surface area contributed by atoms with Crippen molar-refractivity contribution in [3.63, 3.8) is 0 Å². The number of aliphatic hydroxyl groups excluding tert-OH is 1. The highest BCUT2D eigenvalue weighted by Crippen LogP contribution is 2.33. The Bertz CT molecular complexity index is 1030. The van der Waals surface area contributed by atoms with Gasteiger partial charge < -0.3 is 30.4 Å². The number of hydrogen-bond donors (Lipinski definition) is 3. The molecule has 1 aliphatic heterocycles. The van der Waals surface area contributed by atoms with Crippen molar-refractivity contribution in [3.05, 3.63) is 83.9 Å². The van der Waals surface area contributed by atoms with Gasteiger partial charge in [-0.05, 0) is 53.6 Å². The molecule has 2 unspecified atom stereocenters. The Morgan fingerprint density at radius 2 is 1.61 bits per heavy atom. The van der Waals surface area contributed by atoms with Gasteiger partial charge in [-0.3, -0.25) is 0 Å². The lowest BCUT2D eigenvalue weighted by Gasteiger charge is -2.26. The number of nitrogens with two attached hydrogens (primary N) is 1. The van der Waals surface area contributed by atoms with Crippen LogP contribution in [0.2, 0.25) is 0 Å². The summed E-state index contributed by atoms with van der Waals surface area (Å²) in [7, 11) is 0. The SMILES string of the molecule is CC(C)(c1ccc(OCC(O)CNc2cccc(N)c2)cc1)c1ccc(OCC2CO2)cc1. The molecule has 3 aromatic carbocycles. The van der Waals surface area contributed by atoms with Gasteiger partial charge in [0.15, 0.2) is 0 Å². The topological polar surface area (TPSA) is 89.3 Å². The van der Waals surface area contributed by atoms with Crippen LogP contribution in [0.5, 0.6) is 11.5 Å². The molecule has 1 aliphatic rings. The van der Waals surface area contributed by atoms with Crippen LogP contribution in [-0.2, 0) is 10.2 Å². The highest BCUT2D eigenvalue weighted by atomic mass is 16.6. The molecule has 0 amide bonds. The average molecular weight is 449 g/mol. The van der Waals surface area contributed by atoms with E-state index in [0.29, 0.717) is 18.8 Å². The maximum absolute atomic E-state index is 10.2. The highest BCUT2D eigenvalue weighted by molar-refractivity contribution is 5.54. The van der Waals surface area contributed by atoms with Crippen molar-refractivity contribution >= 4 is 11.4 Å². The fourth-order valence-corrected chi connectivity index (χ4v) is 3.59. The third-order valence-corrected chi connectivity index (χ3v) is 5.86. The van der Waals surface area contributed by atoms with E-state index in [9.17, 15) is 5.11 Å². The molecule has 6 nitrogen and oxygen atoms in total. The Labute approximate surface area is 195 Å². The van der Waals surface area contributed by atoms with Crippen LogP contribution >= 0.6 is 0 Å². The molecule has 0 saturated carbocycles. The number of rotatable bonds is 11. The van der Waals surface area contributed by atoms with Crippen LogP contribution in [0.4, 0.5) is 11.4 Å². The molecule has 2 atom stereocenters. The van der Waals surface area contributed by atoms with Crippen LogP contribution in [0.15, 0.2) is 72.8 Å². The molecule has 4 rings (SSSR count). The van der Waals surface area contributed by atoms with Gasteiger partial charge in [-0.15, -0.1) is 0 Å². The molecular weight excluding hydrogens is 416 g/mol. The number of ether oxygens (including phenoxy) is 3. The third kappa shape index (κ3) is 6.40. The molecule has 4 N–H and O–H groups in total. The van der Waals surface area contributed by atoms with Crippen LogP contribution in [0.25, 0.3) is 0 Å². The van der Waals surface area contributed by atoms with Crippen molar-refractivity contribution in [2.45, 2.75) is 31.5 Å². The Hall–Kier alpha value is -3.22. The molecule has 0 aliphatic carbocycles. The summed E-state index contributed by atoms with van der Waals surface area (Å²) in [6.45, 7) is 6.37. The highest BCUT2D eigenvalue weighted by Gasteiger charge is 2.25. The number of epoxide rings is 1. The minimum absolute atomic E-state index is 0.169. The molecule has 174 valence electrons. The first-order chi connectivity index (χ1) is 15.9. The fraction of sp³-hybridized carbons (Fsp3) is 0.333. The minimum Gasteiger partial charge on any atom is -0.491 e. The predicted molar refractivity (Wildman–Crippen MR) is 131 cm³/mol. The van der Waals surface area contributed by atoms with E-state index < -0.39 is 6.10 Å². The monoisotopic (exact) mass is 448 g/mol. The van der Waals surface area contributed by atoms with Gasteiger partial charge in [0.25, 0.3) is 0 Å². The number of nitrogens with one attached hydrogen (secondary N) is 1. The fourth-order valence-electron chi connectivity index (χ4n) is 3.59. The summed E-state index contributed by atoms with van der Waals surface area (Å²) in [4.78, 5) is 0. The molecule has 1 fully saturated rings. The Kier molecular flexibility index (Phi) is 7.06. The average Bonchev–Trinajstić information content (AvgIpc) is 3.65. The summed E-state index contributed by atoms with van der Waals surface area (Å²) in [6.07, 6.45) is -0.391. The third-order valence-electron chi connectivity index (χ3n) is 5.86. The van der Waals surface area contributed by atoms with Gasteiger partial charge >= 0.3 is 0 Å². The number of hydrogen-bond acceptors (Lipinski definition) is 6. The number of anilines is 2. The molecule has 0 spiro atoms. The van der Waals surface area contributed by atoms with E-state index in [1.807, 2.05) is 48.5 Å². The molecule has 0 aromatic heterocycles. The van der Waals surface area contributed by atoms with Crippen molar-refractivity contribution in [2.75, 3.05) is 37.4 Å². The van der Waals surface area contributed by atoms with E-state index in [1.165, 1.54) is 11.1 Å². The molecule has 1 saturated heterocycles. The maximum Gasteiger partial charge on any atom is 0.119 e. The minimum atomic E-state index is -0.644. The molecule has 6 heteroatoms. The maximum atomic E-state index is 10.2. The van der Waals surface area contributed by atoms with Crippen LogP contribution in [0.1, 0.15) is 25.0 Å². The summed E-state index contributed by atoms with van der Waals surface area (Å²) >= 11 is 0. The normalized spacial score (nSPS) is 16.2. The van der Waals surface area contributed by atoms with Gasteiger partial charge in [-0.25, -0.2) is 0 Å². The van der Waals surface area contributed by atoms with E-state index in [0.717, 1.165) is 23.8 Å². The summed E-state index contributed by atoms with van der Waals surface area (Å²) in [5, 5.41) is 13.4. The zero-order valence-corrected chi connectivity index (χ0v) is 19.2. The molecular formula is C27H32N2O4.